The van der Waals surface area contributed by atoms with Crippen LogP contribution < -0.4 is 5.43 Å². The van der Waals surface area contributed by atoms with Crippen LogP contribution in [0.5, 0.6) is 0 Å². The van der Waals surface area contributed by atoms with Crippen molar-refractivity contribution in [2.24, 2.45) is 5.10 Å². The molecule has 0 aliphatic rings. The van der Waals surface area contributed by atoms with Gasteiger partial charge in [0.05, 0.1) is 5.71 Å². The summed E-state index contributed by atoms with van der Waals surface area (Å²) in [7, 11) is 0. The standard InChI is InChI=1S/C13H12BrClN4/c1-8(10-3-5-11(14)6-4-10)18-19-13-7-12(15)16-9(2)17-13/h3-7H,1-2H3,(H,16,17,19)/b18-8-. The summed E-state index contributed by atoms with van der Waals surface area (Å²) in [6.07, 6.45) is 0. The fourth-order valence-corrected chi connectivity index (χ4v) is 1.98. The van der Waals surface area contributed by atoms with E-state index in [-0.39, 0.29) is 0 Å². The molecule has 0 bridgehead atoms. The van der Waals surface area contributed by atoms with Gasteiger partial charge >= 0.3 is 0 Å². The van der Waals surface area contributed by atoms with Crippen molar-refractivity contribution in [1.82, 2.24) is 9.97 Å². The quantitative estimate of drug-likeness (QED) is 0.521. The molecule has 0 spiro atoms. The third-order valence-electron chi connectivity index (χ3n) is 2.41. The summed E-state index contributed by atoms with van der Waals surface area (Å²) in [6.45, 7) is 3.70. The zero-order valence-electron chi connectivity index (χ0n) is 10.5. The Morgan fingerprint density at radius 2 is 1.95 bits per heavy atom. The lowest BCUT2D eigenvalue weighted by Crippen LogP contribution is -2.02. The highest BCUT2D eigenvalue weighted by Crippen LogP contribution is 2.13. The van der Waals surface area contributed by atoms with Crippen molar-refractivity contribution >= 4 is 39.1 Å². The zero-order valence-corrected chi connectivity index (χ0v) is 12.8. The lowest BCUT2D eigenvalue weighted by atomic mass is 10.1. The number of aryl methyl sites for hydroxylation is 1. The first-order valence-corrected chi connectivity index (χ1v) is 6.79. The van der Waals surface area contributed by atoms with E-state index in [1.165, 1.54) is 0 Å². The molecule has 0 fully saturated rings. The maximum Gasteiger partial charge on any atom is 0.151 e. The average molecular weight is 340 g/mol. The molecule has 19 heavy (non-hydrogen) atoms. The minimum Gasteiger partial charge on any atom is -0.261 e. The third kappa shape index (κ3) is 4.01. The number of aromatic nitrogens is 2. The van der Waals surface area contributed by atoms with E-state index < -0.39 is 0 Å². The predicted octanol–water partition coefficient (Wildman–Crippen LogP) is 4.04. The molecule has 0 saturated carbocycles. The van der Waals surface area contributed by atoms with E-state index in [1.54, 1.807) is 13.0 Å². The van der Waals surface area contributed by atoms with E-state index in [0.717, 1.165) is 15.7 Å². The number of nitrogens with one attached hydrogen (secondary N) is 1. The molecule has 0 aliphatic heterocycles. The van der Waals surface area contributed by atoms with Crippen molar-refractivity contribution < 1.29 is 0 Å². The number of hydrazone groups is 1. The Morgan fingerprint density at radius 3 is 2.58 bits per heavy atom. The van der Waals surface area contributed by atoms with Crippen LogP contribution in [0.4, 0.5) is 5.82 Å². The number of rotatable bonds is 3. The Morgan fingerprint density at radius 1 is 1.26 bits per heavy atom. The Labute approximate surface area is 125 Å². The topological polar surface area (TPSA) is 50.2 Å². The van der Waals surface area contributed by atoms with Gasteiger partial charge in [-0.1, -0.05) is 39.7 Å². The molecule has 1 heterocycles. The molecular formula is C13H12BrClN4. The highest BCUT2D eigenvalue weighted by atomic mass is 79.9. The maximum atomic E-state index is 5.86. The summed E-state index contributed by atoms with van der Waals surface area (Å²) in [5.41, 5.74) is 4.78. The van der Waals surface area contributed by atoms with Crippen LogP contribution >= 0.6 is 27.5 Å². The van der Waals surface area contributed by atoms with Crippen molar-refractivity contribution in [3.8, 4) is 0 Å². The zero-order chi connectivity index (χ0) is 13.8. The Kier molecular flexibility index (Phi) is 4.50. The second-order valence-electron chi connectivity index (χ2n) is 3.94. The van der Waals surface area contributed by atoms with Gasteiger partial charge in [0.15, 0.2) is 5.82 Å². The lowest BCUT2D eigenvalue weighted by molar-refractivity contribution is 1.04. The van der Waals surface area contributed by atoms with Crippen molar-refractivity contribution in [2.45, 2.75) is 13.8 Å². The molecule has 0 aliphatic carbocycles. The van der Waals surface area contributed by atoms with Crippen molar-refractivity contribution in [3.63, 3.8) is 0 Å². The Hall–Kier alpha value is -1.46. The number of benzene rings is 1. The molecule has 1 N–H and O–H groups in total. The van der Waals surface area contributed by atoms with Crippen LogP contribution in [0.2, 0.25) is 5.15 Å². The van der Waals surface area contributed by atoms with E-state index in [4.69, 9.17) is 11.6 Å². The minimum atomic E-state index is 0.395. The van der Waals surface area contributed by atoms with Gasteiger partial charge < -0.3 is 0 Å². The van der Waals surface area contributed by atoms with E-state index in [9.17, 15) is 0 Å². The van der Waals surface area contributed by atoms with Gasteiger partial charge in [0.1, 0.15) is 11.0 Å². The number of anilines is 1. The first-order chi connectivity index (χ1) is 9.04. The monoisotopic (exact) mass is 338 g/mol. The molecule has 2 aromatic rings. The maximum absolute atomic E-state index is 5.86. The van der Waals surface area contributed by atoms with Gasteiger partial charge in [-0.05, 0) is 31.5 Å². The van der Waals surface area contributed by atoms with E-state index in [0.29, 0.717) is 16.8 Å². The van der Waals surface area contributed by atoms with Gasteiger partial charge in [-0.2, -0.15) is 5.10 Å². The number of halogens is 2. The predicted molar refractivity (Wildman–Crippen MR) is 81.8 cm³/mol. The van der Waals surface area contributed by atoms with Crippen LogP contribution in [0.1, 0.15) is 18.3 Å². The summed E-state index contributed by atoms with van der Waals surface area (Å²) in [4.78, 5) is 8.18. The second-order valence-corrected chi connectivity index (χ2v) is 5.24. The van der Waals surface area contributed by atoms with Crippen LogP contribution in [0.25, 0.3) is 0 Å². The largest absolute Gasteiger partial charge is 0.261 e. The molecule has 4 nitrogen and oxygen atoms in total. The summed E-state index contributed by atoms with van der Waals surface area (Å²) in [5.74, 6) is 1.18. The number of nitrogens with zero attached hydrogens (tertiary/aromatic N) is 3. The summed E-state index contributed by atoms with van der Waals surface area (Å²) in [6, 6.07) is 9.55. The van der Waals surface area contributed by atoms with Crippen LogP contribution in [-0.2, 0) is 0 Å². The fraction of sp³-hybridized carbons (Fsp3) is 0.154. The molecule has 98 valence electrons. The van der Waals surface area contributed by atoms with E-state index >= 15 is 0 Å². The van der Waals surface area contributed by atoms with Gasteiger partial charge in [-0.15, -0.1) is 0 Å². The molecule has 0 atom stereocenters. The fourth-order valence-electron chi connectivity index (χ4n) is 1.49. The smallest absolute Gasteiger partial charge is 0.151 e. The molecule has 6 heteroatoms. The molecule has 1 aromatic carbocycles. The van der Waals surface area contributed by atoms with Gasteiger partial charge in [-0.25, -0.2) is 9.97 Å². The highest BCUT2D eigenvalue weighted by molar-refractivity contribution is 9.10. The molecule has 0 saturated heterocycles. The van der Waals surface area contributed by atoms with Crippen LogP contribution in [0.3, 0.4) is 0 Å². The van der Waals surface area contributed by atoms with E-state index in [1.807, 2.05) is 31.2 Å². The van der Waals surface area contributed by atoms with E-state index in [2.05, 4.69) is 36.4 Å². The third-order valence-corrected chi connectivity index (χ3v) is 3.13. The normalized spacial score (nSPS) is 11.5. The summed E-state index contributed by atoms with van der Waals surface area (Å²) in [5, 5.41) is 4.67. The summed E-state index contributed by atoms with van der Waals surface area (Å²) >= 11 is 9.25. The van der Waals surface area contributed by atoms with Gasteiger partial charge in [0, 0.05) is 10.5 Å². The van der Waals surface area contributed by atoms with Gasteiger partial charge in [0.2, 0.25) is 0 Å². The average Bonchev–Trinajstić information content (AvgIpc) is 2.36. The first-order valence-electron chi connectivity index (χ1n) is 5.62. The molecule has 0 amide bonds. The lowest BCUT2D eigenvalue weighted by Gasteiger charge is -2.04. The van der Waals surface area contributed by atoms with Crippen LogP contribution in [0, 0.1) is 6.92 Å². The highest BCUT2D eigenvalue weighted by Gasteiger charge is 2.00. The van der Waals surface area contributed by atoms with Crippen molar-refractivity contribution in [1.29, 1.82) is 0 Å². The van der Waals surface area contributed by atoms with Crippen molar-refractivity contribution in [2.75, 3.05) is 5.43 Å². The molecule has 2 rings (SSSR count). The minimum absolute atomic E-state index is 0.395. The molecule has 0 unspecified atom stereocenters. The second kappa shape index (κ2) is 6.12. The molecule has 0 radical (unpaired) electrons. The SMILES string of the molecule is C/C(=N/Nc1cc(Cl)nc(C)n1)c1ccc(Br)cc1. The molecular weight excluding hydrogens is 328 g/mol. The van der Waals surface area contributed by atoms with Crippen LogP contribution in [0.15, 0.2) is 39.9 Å². The van der Waals surface area contributed by atoms with Gasteiger partial charge in [-0.3, -0.25) is 5.43 Å². The first kappa shape index (κ1) is 14.0. The number of hydrogen-bond donors (Lipinski definition) is 1. The number of hydrogen-bond acceptors (Lipinski definition) is 4. The molecule has 1 aromatic heterocycles. The Bertz CT molecular complexity index is 590. The van der Waals surface area contributed by atoms with Crippen LogP contribution in [-0.4, -0.2) is 15.7 Å². The van der Waals surface area contributed by atoms with Crippen molar-refractivity contribution in [3.05, 3.63) is 51.3 Å². The summed E-state index contributed by atoms with van der Waals surface area (Å²) < 4.78 is 1.04. The van der Waals surface area contributed by atoms with Gasteiger partial charge in [0.25, 0.3) is 0 Å². The Balaban J connectivity index is 2.15.